The molecule has 2 aromatic carbocycles. The molecule has 0 bridgehead atoms. The van der Waals surface area contributed by atoms with Gasteiger partial charge in [-0.05, 0) is 49.2 Å². The first-order chi connectivity index (χ1) is 14.8. The van der Waals surface area contributed by atoms with Crippen LogP contribution in [0, 0.1) is 13.8 Å². The van der Waals surface area contributed by atoms with E-state index in [0.717, 1.165) is 16.0 Å². The highest BCUT2D eigenvalue weighted by Crippen LogP contribution is 2.35. The summed E-state index contributed by atoms with van der Waals surface area (Å²) in [7, 11) is 1.47. The Kier molecular flexibility index (Phi) is 5.36. The van der Waals surface area contributed by atoms with E-state index in [0.29, 0.717) is 17.1 Å². The van der Waals surface area contributed by atoms with E-state index in [1.54, 1.807) is 12.1 Å². The van der Waals surface area contributed by atoms with Gasteiger partial charge in [0.25, 0.3) is 11.8 Å². The molecule has 9 nitrogen and oxygen atoms in total. The molecule has 0 aromatic heterocycles. The molecule has 0 spiro atoms. The van der Waals surface area contributed by atoms with Crippen LogP contribution in [0.3, 0.4) is 0 Å². The molecular weight excluding hydrogens is 422 g/mol. The summed E-state index contributed by atoms with van der Waals surface area (Å²) in [5.41, 5.74) is 2.91. The maximum absolute atomic E-state index is 13.0. The van der Waals surface area contributed by atoms with Gasteiger partial charge in [-0.2, -0.15) is 5.11 Å². The van der Waals surface area contributed by atoms with Crippen molar-refractivity contribution in [2.45, 2.75) is 25.9 Å². The number of nitrogens with one attached hydrogen (secondary N) is 1. The Morgan fingerprint density at radius 3 is 2.65 bits per heavy atom. The van der Waals surface area contributed by atoms with Crippen LogP contribution in [0.2, 0.25) is 5.02 Å². The minimum Gasteiger partial charge on any atom is -0.495 e. The molecule has 2 aliphatic rings. The number of benzene rings is 2. The fraction of sp³-hybridized carbons (Fsp3) is 0.286. The predicted octanol–water partition coefficient (Wildman–Crippen LogP) is 2.90. The second kappa shape index (κ2) is 7.99. The maximum Gasteiger partial charge on any atom is 0.263 e. The molecule has 0 aliphatic carbocycles. The highest BCUT2D eigenvalue weighted by Gasteiger charge is 2.55. The molecule has 10 heteroatoms. The monoisotopic (exact) mass is 441 g/mol. The van der Waals surface area contributed by atoms with E-state index < -0.39 is 23.9 Å². The number of hydrogen-bond acceptors (Lipinski definition) is 7. The normalized spacial score (nSPS) is 19.7. The van der Waals surface area contributed by atoms with Gasteiger partial charge in [-0.3, -0.25) is 19.4 Å². The van der Waals surface area contributed by atoms with E-state index in [1.165, 1.54) is 18.2 Å². The maximum atomic E-state index is 13.0. The van der Waals surface area contributed by atoms with Crippen molar-refractivity contribution in [2.75, 3.05) is 23.9 Å². The number of rotatable bonds is 5. The Morgan fingerprint density at radius 1 is 1.16 bits per heavy atom. The van der Waals surface area contributed by atoms with Crippen molar-refractivity contribution in [3.63, 3.8) is 0 Å². The number of imide groups is 1. The standard InChI is InChI=1S/C21H20ClN5O4/c1-11-4-5-12(2)15(8-11)23-17(28)10-26-19-18(24-25-26)20(29)27(21(19)30)13-6-7-16(31-3)14(22)9-13/h4-9,18-19H,10H2,1-3H3,(H,23,28). The third kappa shape index (κ3) is 3.72. The number of fused-ring (bicyclic) bond motifs is 1. The van der Waals surface area contributed by atoms with Crippen molar-refractivity contribution in [1.82, 2.24) is 5.01 Å². The molecule has 1 fully saturated rings. The van der Waals surface area contributed by atoms with E-state index >= 15 is 0 Å². The molecule has 2 atom stereocenters. The zero-order valence-corrected chi connectivity index (χ0v) is 17.9. The fourth-order valence-electron chi connectivity index (χ4n) is 3.61. The summed E-state index contributed by atoms with van der Waals surface area (Å²) in [5, 5.41) is 12.2. The van der Waals surface area contributed by atoms with Gasteiger partial charge in [-0.25, -0.2) is 4.90 Å². The van der Waals surface area contributed by atoms with Crippen molar-refractivity contribution in [3.8, 4) is 5.75 Å². The van der Waals surface area contributed by atoms with Crippen LogP contribution in [-0.4, -0.2) is 48.5 Å². The lowest BCUT2D eigenvalue weighted by atomic mass is 10.1. The fourth-order valence-corrected chi connectivity index (χ4v) is 3.86. The van der Waals surface area contributed by atoms with Gasteiger partial charge >= 0.3 is 0 Å². The van der Waals surface area contributed by atoms with Crippen molar-refractivity contribution in [1.29, 1.82) is 0 Å². The van der Waals surface area contributed by atoms with Crippen LogP contribution < -0.4 is 15.0 Å². The van der Waals surface area contributed by atoms with Crippen LogP contribution in [0.4, 0.5) is 11.4 Å². The number of nitrogens with zero attached hydrogens (tertiary/aromatic N) is 4. The smallest absolute Gasteiger partial charge is 0.263 e. The second-order valence-corrected chi connectivity index (χ2v) is 7.80. The number of anilines is 2. The molecule has 2 heterocycles. The highest BCUT2D eigenvalue weighted by atomic mass is 35.5. The lowest BCUT2D eigenvalue weighted by molar-refractivity contribution is -0.123. The van der Waals surface area contributed by atoms with Crippen molar-refractivity contribution >= 4 is 40.7 Å². The van der Waals surface area contributed by atoms with E-state index in [2.05, 4.69) is 15.7 Å². The number of aryl methyl sites for hydroxylation is 2. The van der Waals surface area contributed by atoms with Crippen LogP contribution in [0.25, 0.3) is 0 Å². The number of halogens is 1. The zero-order valence-electron chi connectivity index (χ0n) is 17.1. The topological polar surface area (TPSA) is 104 Å². The zero-order chi connectivity index (χ0) is 22.3. The first-order valence-corrected chi connectivity index (χ1v) is 9.94. The number of methoxy groups -OCH3 is 1. The Morgan fingerprint density at radius 2 is 1.94 bits per heavy atom. The summed E-state index contributed by atoms with van der Waals surface area (Å²) < 4.78 is 5.11. The average Bonchev–Trinajstić information content (AvgIpc) is 3.24. The molecule has 2 aromatic rings. The molecule has 3 amide bonds. The quantitative estimate of drug-likeness (QED) is 0.718. The number of carbonyl (C=O) groups excluding carboxylic acids is 3. The number of ether oxygens (including phenoxy) is 1. The molecule has 0 saturated carbocycles. The summed E-state index contributed by atoms with van der Waals surface area (Å²) >= 11 is 6.14. The van der Waals surface area contributed by atoms with Crippen LogP contribution >= 0.6 is 11.6 Å². The van der Waals surface area contributed by atoms with Gasteiger partial charge in [0.2, 0.25) is 5.91 Å². The SMILES string of the molecule is COc1ccc(N2C(=O)C3N=NN(CC(=O)Nc4cc(C)ccc4C)C3C2=O)cc1Cl. The molecule has 31 heavy (non-hydrogen) atoms. The third-order valence-electron chi connectivity index (χ3n) is 5.22. The summed E-state index contributed by atoms with van der Waals surface area (Å²) in [6.45, 7) is 3.60. The summed E-state index contributed by atoms with van der Waals surface area (Å²) in [6.07, 6.45) is 0. The molecule has 2 unspecified atom stereocenters. The average molecular weight is 442 g/mol. The Hall–Kier alpha value is -3.46. The van der Waals surface area contributed by atoms with Crippen LogP contribution in [0.15, 0.2) is 46.7 Å². The first kappa shape index (κ1) is 20.8. The van der Waals surface area contributed by atoms with Gasteiger partial charge < -0.3 is 10.1 Å². The molecule has 1 N–H and O–H groups in total. The summed E-state index contributed by atoms with van der Waals surface area (Å²) in [5.74, 6) is -0.966. The van der Waals surface area contributed by atoms with Crippen molar-refractivity contribution < 1.29 is 19.1 Å². The van der Waals surface area contributed by atoms with Crippen molar-refractivity contribution in [2.24, 2.45) is 10.3 Å². The Balaban J connectivity index is 1.51. The molecule has 0 radical (unpaired) electrons. The Bertz CT molecular complexity index is 1120. The Labute approximate surface area is 183 Å². The van der Waals surface area contributed by atoms with E-state index in [-0.39, 0.29) is 17.5 Å². The van der Waals surface area contributed by atoms with Crippen LogP contribution in [-0.2, 0) is 14.4 Å². The number of hydrogen-bond donors (Lipinski definition) is 1. The largest absolute Gasteiger partial charge is 0.495 e. The molecular formula is C21H20ClN5O4. The van der Waals surface area contributed by atoms with Gasteiger partial charge in [0.05, 0.1) is 17.8 Å². The summed E-state index contributed by atoms with van der Waals surface area (Å²) in [4.78, 5) is 39.5. The number of carbonyl (C=O) groups is 3. The van der Waals surface area contributed by atoms with Crippen LogP contribution in [0.1, 0.15) is 11.1 Å². The van der Waals surface area contributed by atoms with Gasteiger partial charge in [0.15, 0.2) is 12.1 Å². The predicted molar refractivity (Wildman–Crippen MR) is 114 cm³/mol. The van der Waals surface area contributed by atoms with Crippen molar-refractivity contribution in [3.05, 3.63) is 52.5 Å². The number of amides is 3. The van der Waals surface area contributed by atoms with Gasteiger partial charge in [0.1, 0.15) is 12.3 Å². The minimum atomic E-state index is -0.998. The van der Waals surface area contributed by atoms with E-state index in [4.69, 9.17) is 16.3 Å². The highest BCUT2D eigenvalue weighted by molar-refractivity contribution is 6.33. The van der Waals surface area contributed by atoms with E-state index in [9.17, 15) is 14.4 Å². The van der Waals surface area contributed by atoms with E-state index in [1.807, 2.05) is 32.0 Å². The minimum absolute atomic E-state index is 0.214. The van der Waals surface area contributed by atoms with Gasteiger partial charge in [-0.15, -0.1) is 0 Å². The first-order valence-electron chi connectivity index (χ1n) is 9.56. The van der Waals surface area contributed by atoms with Gasteiger partial charge in [-0.1, -0.05) is 29.0 Å². The lowest BCUT2D eigenvalue weighted by Gasteiger charge is -2.20. The second-order valence-electron chi connectivity index (χ2n) is 7.39. The molecule has 2 aliphatic heterocycles. The third-order valence-corrected chi connectivity index (χ3v) is 5.52. The van der Waals surface area contributed by atoms with Crippen LogP contribution in [0.5, 0.6) is 5.75 Å². The lowest BCUT2D eigenvalue weighted by Crippen LogP contribution is -2.43. The molecule has 1 saturated heterocycles. The summed E-state index contributed by atoms with van der Waals surface area (Å²) in [6, 6.07) is 8.37. The molecule has 4 rings (SSSR count). The molecule has 160 valence electrons. The van der Waals surface area contributed by atoms with Gasteiger partial charge in [0, 0.05) is 5.69 Å².